The van der Waals surface area contributed by atoms with Gasteiger partial charge in [-0.1, -0.05) is 18.9 Å². The number of piperidine rings is 1. The number of aliphatic carboxylic acids is 1. The number of nitrogens with zero attached hydrogens (tertiary/aromatic N) is 1. The van der Waals surface area contributed by atoms with Gasteiger partial charge in [0, 0.05) is 23.6 Å². The SMILES string of the molecule is NCCCCCCOc1ccc2c(c1)OCC21CCN(CCC(=O)O)CC1. The number of benzene rings is 1. The van der Waals surface area contributed by atoms with Gasteiger partial charge in [0.1, 0.15) is 11.5 Å². The molecule has 0 atom stereocenters. The average molecular weight is 376 g/mol. The smallest absolute Gasteiger partial charge is 0.304 e. The van der Waals surface area contributed by atoms with E-state index in [1.54, 1.807) is 0 Å². The first-order chi connectivity index (χ1) is 13.1. The molecule has 0 aromatic heterocycles. The van der Waals surface area contributed by atoms with Crippen LogP contribution in [0.1, 0.15) is 50.5 Å². The van der Waals surface area contributed by atoms with Crippen LogP contribution in [0.15, 0.2) is 18.2 Å². The van der Waals surface area contributed by atoms with Crippen molar-refractivity contribution in [3.05, 3.63) is 23.8 Å². The Kier molecular flexibility index (Phi) is 6.96. The summed E-state index contributed by atoms with van der Waals surface area (Å²) < 4.78 is 11.9. The summed E-state index contributed by atoms with van der Waals surface area (Å²) in [6.45, 7) is 4.71. The van der Waals surface area contributed by atoms with E-state index in [-0.39, 0.29) is 11.8 Å². The summed E-state index contributed by atoms with van der Waals surface area (Å²) in [5.74, 6) is 1.11. The number of fused-ring (bicyclic) bond motifs is 2. The van der Waals surface area contributed by atoms with E-state index in [1.165, 1.54) is 12.0 Å². The normalized spacial score (nSPS) is 18.3. The van der Waals surface area contributed by atoms with Crippen molar-refractivity contribution < 1.29 is 19.4 Å². The highest BCUT2D eigenvalue weighted by Gasteiger charge is 2.43. The molecule has 0 bridgehead atoms. The Morgan fingerprint density at radius 1 is 1.22 bits per heavy atom. The first kappa shape index (κ1) is 20.0. The van der Waals surface area contributed by atoms with Crippen molar-refractivity contribution in [2.24, 2.45) is 5.73 Å². The Bertz CT molecular complexity index is 627. The van der Waals surface area contributed by atoms with Crippen molar-refractivity contribution in [3.63, 3.8) is 0 Å². The molecule has 0 unspecified atom stereocenters. The lowest BCUT2D eigenvalue weighted by Gasteiger charge is -2.38. The van der Waals surface area contributed by atoms with Crippen molar-refractivity contribution in [2.45, 2.75) is 50.4 Å². The van der Waals surface area contributed by atoms with Gasteiger partial charge in [-0.25, -0.2) is 0 Å². The molecule has 0 amide bonds. The van der Waals surface area contributed by atoms with Crippen molar-refractivity contribution in [1.82, 2.24) is 4.90 Å². The average Bonchev–Trinajstić information content (AvgIpc) is 3.02. The molecule has 0 saturated carbocycles. The first-order valence-electron chi connectivity index (χ1n) is 10.2. The van der Waals surface area contributed by atoms with Gasteiger partial charge < -0.3 is 25.2 Å². The van der Waals surface area contributed by atoms with Gasteiger partial charge in [-0.3, -0.25) is 4.79 Å². The third kappa shape index (κ3) is 5.14. The minimum atomic E-state index is -0.725. The molecule has 2 aliphatic rings. The third-order valence-electron chi connectivity index (χ3n) is 5.85. The summed E-state index contributed by atoms with van der Waals surface area (Å²) in [5.41, 5.74) is 6.88. The predicted molar refractivity (Wildman–Crippen MR) is 105 cm³/mol. The quantitative estimate of drug-likeness (QED) is 0.611. The fourth-order valence-electron chi connectivity index (χ4n) is 4.11. The molecule has 1 aromatic carbocycles. The number of hydrogen-bond acceptors (Lipinski definition) is 5. The first-order valence-corrected chi connectivity index (χ1v) is 10.2. The zero-order chi connectivity index (χ0) is 19.1. The Labute approximate surface area is 161 Å². The Balaban J connectivity index is 1.50. The molecule has 1 aromatic rings. The van der Waals surface area contributed by atoms with Gasteiger partial charge in [-0.05, 0) is 51.4 Å². The van der Waals surface area contributed by atoms with Crippen molar-refractivity contribution in [3.8, 4) is 11.5 Å². The van der Waals surface area contributed by atoms with Gasteiger partial charge in [0.05, 0.1) is 19.6 Å². The van der Waals surface area contributed by atoms with Crippen molar-refractivity contribution in [1.29, 1.82) is 0 Å². The standard InChI is InChI=1S/C21H32N2O4/c22-10-3-1-2-4-14-26-17-5-6-18-19(15-17)27-16-21(18)8-12-23(13-9-21)11-7-20(24)25/h5-6,15H,1-4,7-14,16,22H2,(H,24,25). The van der Waals surface area contributed by atoms with Crippen LogP contribution in [-0.4, -0.2) is 55.4 Å². The summed E-state index contributed by atoms with van der Waals surface area (Å²) in [6.07, 6.45) is 6.70. The van der Waals surface area contributed by atoms with Crippen LogP contribution in [0.5, 0.6) is 11.5 Å². The van der Waals surface area contributed by atoms with Crippen LogP contribution >= 0.6 is 0 Å². The van der Waals surface area contributed by atoms with Crippen molar-refractivity contribution >= 4 is 5.97 Å². The molecular weight excluding hydrogens is 344 g/mol. The number of carboxylic acid groups (broad SMARTS) is 1. The number of rotatable bonds is 10. The number of carboxylic acids is 1. The zero-order valence-corrected chi connectivity index (χ0v) is 16.1. The summed E-state index contributed by atoms with van der Waals surface area (Å²) in [5, 5.41) is 8.86. The summed E-state index contributed by atoms with van der Waals surface area (Å²) in [6, 6.07) is 6.26. The molecule has 6 nitrogen and oxygen atoms in total. The number of carbonyl (C=O) groups is 1. The maximum atomic E-state index is 10.8. The number of unbranched alkanes of at least 4 members (excludes halogenated alkanes) is 3. The lowest BCUT2D eigenvalue weighted by molar-refractivity contribution is -0.137. The highest BCUT2D eigenvalue weighted by molar-refractivity contribution is 5.66. The van der Waals surface area contributed by atoms with E-state index in [0.29, 0.717) is 6.54 Å². The molecule has 3 N–H and O–H groups in total. The highest BCUT2D eigenvalue weighted by Crippen LogP contribution is 2.46. The molecule has 1 saturated heterocycles. The molecule has 2 aliphatic heterocycles. The number of ether oxygens (including phenoxy) is 2. The second kappa shape index (κ2) is 9.42. The Morgan fingerprint density at radius 3 is 2.74 bits per heavy atom. The van der Waals surface area contributed by atoms with Crippen LogP contribution < -0.4 is 15.2 Å². The maximum absolute atomic E-state index is 10.8. The van der Waals surface area contributed by atoms with E-state index in [9.17, 15) is 4.79 Å². The monoisotopic (exact) mass is 376 g/mol. The van der Waals surface area contributed by atoms with Crippen LogP contribution in [0.4, 0.5) is 0 Å². The van der Waals surface area contributed by atoms with E-state index in [2.05, 4.69) is 17.0 Å². The van der Waals surface area contributed by atoms with Crippen LogP contribution in [0.3, 0.4) is 0 Å². The van der Waals surface area contributed by atoms with Crippen molar-refractivity contribution in [2.75, 3.05) is 39.4 Å². The third-order valence-corrected chi connectivity index (χ3v) is 5.85. The van der Waals surface area contributed by atoms with E-state index < -0.39 is 5.97 Å². The lowest BCUT2D eigenvalue weighted by atomic mass is 9.74. The molecule has 3 rings (SSSR count). The van der Waals surface area contributed by atoms with E-state index in [4.69, 9.17) is 20.3 Å². The van der Waals surface area contributed by atoms with Gasteiger partial charge in [0.2, 0.25) is 0 Å². The van der Waals surface area contributed by atoms with E-state index in [0.717, 1.165) is 76.5 Å². The van der Waals surface area contributed by atoms with Gasteiger partial charge >= 0.3 is 5.97 Å². The minimum Gasteiger partial charge on any atom is -0.493 e. The summed E-state index contributed by atoms with van der Waals surface area (Å²) in [7, 11) is 0. The summed E-state index contributed by atoms with van der Waals surface area (Å²) >= 11 is 0. The zero-order valence-electron chi connectivity index (χ0n) is 16.1. The second-order valence-electron chi connectivity index (χ2n) is 7.76. The van der Waals surface area contributed by atoms with Gasteiger partial charge in [-0.2, -0.15) is 0 Å². The molecule has 6 heteroatoms. The van der Waals surface area contributed by atoms with Gasteiger partial charge in [0.15, 0.2) is 0 Å². The molecule has 150 valence electrons. The molecule has 2 heterocycles. The second-order valence-corrected chi connectivity index (χ2v) is 7.76. The molecule has 1 fully saturated rings. The number of likely N-dealkylation sites (tertiary alicyclic amines) is 1. The van der Waals surface area contributed by atoms with Gasteiger partial charge in [0.25, 0.3) is 0 Å². The van der Waals surface area contributed by atoms with Crippen LogP contribution in [0.25, 0.3) is 0 Å². The highest BCUT2D eigenvalue weighted by atomic mass is 16.5. The largest absolute Gasteiger partial charge is 0.493 e. The Hall–Kier alpha value is -1.79. The predicted octanol–water partition coefficient (Wildman–Crippen LogP) is 2.79. The molecule has 27 heavy (non-hydrogen) atoms. The molecule has 0 radical (unpaired) electrons. The van der Waals surface area contributed by atoms with E-state index in [1.807, 2.05) is 6.07 Å². The molecular formula is C21H32N2O4. The minimum absolute atomic E-state index is 0.0792. The van der Waals surface area contributed by atoms with Crippen LogP contribution in [0.2, 0.25) is 0 Å². The lowest BCUT2D eigenvalue weighted by Crippen LogP contribution is -2.44. The van der Waals surface area contributed by atoms with Crippen LogP contribution in [0, 0.1) is 0 Å². The fourth-order valence-corrected chi connectivity index (χ4v) is 4.11. The van der Waals surface area contributed by atoms with E-state index >= 15 is 0 Å². The topological polar surface area (TPSA) is 85.0 Å². The van der Waals surface area contributed by atoms with Gasteiger partial charge in [-0.15, -0.1) is 0 Å². The maximum Gasteiger partial charge on any atom is 0.304 e. The fraction of sp³-hybridized carbons (Fsp3) is 0.667. The Morgan fingerprint density at radius 2 is 2.00 bits per heavy atom. The molecule has 0 aliphatic carbocycles. The molecule has 1 spiro atoms. The van der Waals surface area contributed by atoms with Crippen LogP contribution in [-0.2, 0) is 10.2 Å². The summed E-state index contributed by atoms with van der Waals surface area (Å²) in [4.78, 5) is 13.0. The number of nitrogens with two attached hydrogens (primary N) is 1. The number of hydrogen-bond donors (Lipinski definition) is 2.